The molecule has 1 aromatic heterocycles. The average Bonchev–Trinajstić information content (AvgIpc) is 3.21. The summed E-state index contributed by atoms with van der Waals surface area (Å²) in [6.07, 6.45) is 0. The molecule has 150 valence electrons. The molecule has 0 radical (unpaired) electrons. The highest BCUT2D eigenvalue weighted by atomic mass is 32.1. The fourth-order valence-electron chi connectivity index (χ4n) is 3.20. The molecule has 1 fully saturated rings. The number of rotatable bonds is 7. The zero-order chi connectivity index (χ0) is 20.1. The monoisotopic (exact) mass is 405 g/mol. The number of benzene rings is 1. The third-order valence-electron chi connectivity index (χ3n) is 4.63. The summed E-state index contributed by atoms with van der Waals surface area (Å²) in [7, 11) is 1.45. The molecule has 2 aromatic rings. The van der Waals surface area contributed by atoms with Gasteiger partial charge in [-0.25, -0.2) is 0 Å². The first-order valence-electron chi connectivity index (χ1n) is 9.06. The third-order valence-corrected chi connectivity index (χ3v) is 5.49. The summed E-state index contributed by atoms with van der Waals surface area (Å²) < 4.78 is 10.7. The van der Waals surface area contributed by atoms with Crippen LogP contribution in [0.25, 0.3) is 0 Å². The molecule has 0 unspecified atom stereocenters. The van der Waals surface area contributed by atoms with Gasteiger partial charge in [-0.05, 0) is 18.4 Å². The Bertz CT molecular complexity index is 832. The molecule has 8 nitrogen and oxygen atoms in total. The minimum atomic E-state index is -0.553. The van der Waals surface area contributed by atoms with Gasteiger partial charge in [0.15, 0.2) is 11.5 Å². The van der Waals surface area contributed by atoms with Crippen molar-refractivity contribution in [3.8, 4) is 11.5 Å². The van der Waals surface area contributed by atoms with Crippen LogP contribution in [-0.2, 0) is 6.54 Å². The van der Waals surface area contributed by atoms with Crippen LogP contribution in [-0.4, -0.2) is 60.5 Å². The van der Waals surface area contributed by atoms with Gasteiger partial charge in [0, 0.05) is 43.7 Å². The number of nitro benzene ring substituents is 1. The zero-order valence-corrected chi connectivity index (χ0v) is 16.7. The Labute approximate surface area is 167 Å². The Kier molecular flexibility index (Phi) is 6.48. The Hall–Kier alpha value is -2.65. The molecule has 28 heavy (non-hydrogen) atoms. The molecule has 3 rings (SSSR count). The van der Waals surface area contributed by atoms with E-state index in [1.807, 2.05) is 11.4 Å². The van der Waals surface area contributed by atoms with Crippen LogP contribution in [0.3, 0.4) is 0 Å². The molecule has 0 N–H and O–H groups in total. The van der Waals surface area contributed by atoms with Gasteiger partial charge in [-0.2, -0.15) is 0 Å². The van der Waals surface area contributed by atoms with Gasteiger partial charge in [-0.3, -0.25) is 19.8 Å². The van der Waals surface area contributed by atoms with Crippen molar-refractivity contribution in [3.05, 3.63) is 50.2 Å². The summed E-state index contributed by atoms with van der Waals surface area (Å²) >= 11 is 1.71. The Morgan fingerprint density at radius 1 is 1.25 bits per heavy atom. The quantitative estimate of drug-likeness (QED) is 0.520. The molecule has 0 saturated carbocycles. The van der Waals surface area contributed by atoms with Gasteiger partial charge in [-0.1, -0.05) is 6.07 Å². The minimum absolute atomic E-state index is 0.0250. The first-order chi connectivity index (χ1) is 13.5. The number of carbonyl (C=O) groups is 1. The fraction of sp³-hybridized carbons (Fsp3) is 0.421. The number of methoxy groups -OCH3 is 1. The van der Waals surface area contributed by atoms with E-state index in [0.29, 0.717) is 25.4 Å². The summed E-state index contributed by atoms with van der Waals surface area (Å²) in [5, 5.41) is 13.6. The number of amides is 1. The maximum Gasteiger partial charge on any atom is 0.286 e. The molecule has 0 aliphatic carbocycles. The third kappa shape index (κ3) is 4.42. The summed E-state index contributed by atoms with van der Waals surface area (Å²) in [4.78, 5) is 29.2. The normalized spacial score (nSPS) is 14.7. The molecule has 0 spiro atoms. The van der Waals surface area contributed by atoms with Crippen molar-refractivity contribution in [1.82, 2.24) is 9.80 Å². The topological polar surface area (TPSA) is 85.1 Å². The smallest absolute Gasteiger partial charge is 0.286 e. The van der Waals surface area contributed by atoms with Crippen LogP contribution in [0.5, 0.6) is 11.5 Å². The van der Waals surface area contributed by atoms with Crippen molar-refractivity contribution in [2.45, 2.75) is 13.5 Å². The van der Waals surface area contributed by atoms with E-state index in [0.717, 1.165) is 19.6 Å². The van der Waals surface area contributed by atoms with E-state index < -0.39 is 4.92 Å². The van der Waals surface area contributed by atoms with E-state index in [1.165, 1.54) is 24.1 Å². The average molecular weight is 405 g/mol. The summed E-state index contributed by atoms with van der Waals surface area (Å²) in [6, 6.07) is 6.79. The van der Waals surface area contributed by atoms with Crippen molar-refractivity contribution < 1.29 is 19.2 Å². The maximum absolute atomic E-state index is 13.0. The number of ether oxygens (including phenoxy) is 2. The van der Waals surface area contributed by atoms with Crippen molar-refractivity contribution in [3.63, 3.8) is 0 Å². The first kappa shape index (κ1) is 20.1. The number of hydrogen-bond donors (Lipinski definition) is 0. The summed E-state index contributed by atoms with van der Waals surface area (Å²) in [5.74, 6) is 0.213. The molecule has 1 aliphatic heterocycles. The van der Waals surface area contributed by atoms with Crippen LogP contribution >= 0.6 is 11.3 Å². The standard InChI is InChI=1S/C19H23N3O5S/c1-3-27-18-12-16(22(24)25)15(11-17(18)26-2)19(23)21-8-6-20(7-9-21)13-14-5-4-10-28-14/h4-5,10-12H,3,6-9,13H2,1-2H3. The van der Waals surface area contributed by atoms with Gasteiger partial charge in [-0.15, -0.1) is 11.3 Å². The largest absolute Gasteiger partial charge is 0.493 e. The SMILES string of the molecule is CCOc1cc([N+](=O)[O-])c(C(=O)N2CCN(Cc3cccs3)CC2)cc1OC. The van der Waals surface area contributed by atoms with E-state index >= 15 is 0 Å². The van der Waals surface area contributed by atoms with E-state index in [1.54, 1.807) is 23.2 Å². The fourth-order valence-corrected chi connectivity index (χ4v) is 3.95. The number of carbonyl (C=O) groups excluding carboxylic acids is 1. The lowest BCUT2D eigenvalue weighted by atomic mass is 10.1. The van der Waals surface area contributed by atoms with Crippen LogP contribution < -0.4 is 9.47 Å². The van der Waals surface area contributed by atoms with Crippen molar-refractivity contribution in [1.29, 1.82) is 0 Å². The van der Waals surface area contributed by atoms with Crippen molar-refractivity contribution in [2.24, 2.45) is 0 Å². The highest BCUT2D eigenvalue weighted by Gasteiger charge is 2.30. The number of piperazine rings is 1. The van der Waals surface area contributed by atoms with E-state index in [-0.39, 0.29) is 22.9 Å². The second-order valence-electron chi connectivity index (χ2n) is 6.36. The van der Waals surface area contributed by atoms with Crippen molar-refractivity contribution in [2.75, 3.05) is 39.9 Å². The van der Waals surface area contributed by atoms with E-state index in [2.05, 4.69) is 11.0 Å². The molecule has 1 aliphatic rings. The summed E-state index contributed by atoms with van der Waals surface area (Å²) in [6.45, 7) is 5.48. The van der Waals surface area contributed by atoms with Gasteiger partial charge in [0.1, 0.15) is 5.56 Å². The second kappa shape index (κ2) is 9.03. The molecule has 1 saturated heterocycles. The lowest BCUT2D eigenvalue weighted by Crippen LogP contribution is -2.48. The number of nitrogens with zero attached hydrogens (tertiary/aromatic N) is 3. The highest BCUT2D eigenvalue weighted by Crippen LogP contribution is 2.35. The predicted molar refractivity (Wildman–Crippen MR) is 106 cm³/mol. The van der Waals surface area contributed by atoms with Gasteiger partial charge in [0.2, 0.25) is 0 Å². The molecule has 0 atom stereocenters. The minimum Gasteiger partial charge on any atom is -0.493 e. The number of nitro groups is 1. The summed E-state index contributed by atoms with van der Waals surface area (Å²) in [5.41, 5.74) is -0.243. The number of hydrogen-bond acceptors (Lipinski definition) is 7. The van der Waals surface area contributed by atoms with Crippen LogP contribution in [0.1, 0.15) is 22.2 Å². The van der Waals surface area contributed by atoms with Gasteiger partial charge < -0.3 is 14.4 Å². The molecule has 2 heterocycles. The van der Waals surface area contributed by atoms with Crippen molar-refractivity contribution >= 4 is 22.9 Å². The molecule has 0 bridgehead atoms. The van der Waals surface area contributed by atoms with Crippen LogP contribution in [0, 0.1) is 10.1 Å². The Balaban J connectivity index is 1.75. The molecular weight excluding hydrogens is 382 g/mol. The van der Waals surface area contributed by atoms with Crippen LogP contribution in [0.15, 0.2) is 29.6 Å². The number of thiophene rings is 1. The molecule has 1 aromatic carbocycles. The second-order valence-corrected chi connectivity index (χ2v) is 7.39. The Morgan fingerprint density at radius 3 is 2.57 bits per heavy atom. The molecular formula is C19H23N3O5S. The lowest BCUT2D eigenvalue weighted by molar-refractivity contribution is -0.385. The predicted octanol–water partition coefficient (Wildman–Crippen LogP) is 3.02. The highest BCUT2D eigenvalue weighted by molar-refractivity contribution is 7.09. The van der Waals surface area contributed by atoms with Crippen LogP contribution in [0.2, 0.25) is 0 Å². The van der Waals surface area contributed by atoms with Gasteiger partial charge in [0.25, 0.3) is 11.6 Å². The van der Waals surface area contributed by atoms with Gasteiger partial charge >= 0.3 is 0 Å². The Morgan fingerprint density at radius 2 is 2.00 bits per heavy atom. The van der Waals surface area contributed by atoms with Gasteiger partial charge in [0.05, 0.1) is 24.7 Å². The molecule has 1 amide bonds. The van der Waals surface area contributed by atoms with E-state index in [9.17, 15) is 14.9 Å². The lowest BCUT2D eigenvalue weighted by Gasteiger charge is -2.34. The van der Waals surface area contributed by atoms with E-state index in [4.69, 9.17) is 9.47 Å². The maximum atomic E-state index is 13.0. The molecule has 9 heteroatoms. The van der Waals surface area contributed by atoms with Crippen LogP contribution in [0.4, 0.5) is 5.69 Å². The first-order valence-corrected chi connectivity index (χ1v) is 9.94. The zero-order valence-electron chi connectivity index (χ0n) is 15.9.